The number of aromatic nitrogens is 1. The number of fused-ring (bicyclic) bond motifs is 4. The van der Waals surface area contributed by atoms with Crippen LogP contribution in [0.2, 0.25) is 0 Å². The van der Waals surface area contributed by atoms with Crippen molar-refractivity contribution in [1.82, 2.24) is 4.57 Å². The summed E-state index contributed by atoms with van der Waals surface area (Å²) in [6, 6.07) is 39.1. The van der Waals surface area contributed by atoms with Gasteiger partial charge in [-0.1, -0.05) is 60.7 Å². The van der Waals surface area contributed by atoms with Gasteiger partial charge in [-0.05, 0) is 92.5 Å². The van der Waals surface area contributed by atoms with Gasteiger partial charge in [-0.25, -0.2) is 0 Å². The van der Waals surface area contributed by atoms with Crippen molar-refractivity contribution in [3.8, 4) is 0 Å². The summed E-state index contributed by atoms with van der Waals surface area (Å²) in [7, 11) is 1.77. The molecule has 5 heteroatoms. The summed E-state index contributed by atoms with van der Waals surface area (Å²) in [6.45, 7) is 8.37. The van der Waals surface area contributed by atoms with Crippen LogP contribution in [0, 0.1) is 0 Å². The van der Waals surface area contributed by atoms with Crippen molar-refractivity contribution in [2.45, 2.75) is 38.9 Å². The van der Waals surface area contributed by atoms with Gasteiger partial charge in [0.2, 0.25) is 0 Å². The van der Waals surface area contributed by atoms with E-state index in [2.05, 4.69) is 153 Å². The van der Waals surface area contributed by atoms with E-state index in [1.54, 1.807) is 0 Å². The third kappa shape index (κ3) is 3.92. The van der Waals surface area contributed by atoms with Crippen LogP contribution in [0.1, 0.15) is 27.7 Å². The molecule has 40 heavy (non-hydrogen) atoms. The first-order valence-electron chi connectivity index (χ1n) is 13.9. The summed E-state index contributed by atoms with van der Waals surface area (Å²) in [4.78, 5) is 2.34. The molecular weight excluding hydrogens is 491 g/mol. The number of aryl methyl sites for hydroxylation is 1. The van der Waals surface area contributed by atoms with E-state index in [0.717, 1.165) is 27.9 Å². The lowest BCUT2D eigenvalue weighted by molar-refractivity contribution is 0.00578. The van der Waals surface area contributed by atoms with Crippen molar-refractivity contribution in [2.75, 3.05) is 4.90 Å². The second-order valence-corrected chi connectivity index (χ2v) is 11.8. The van der Waals surface area contributed by atoms with Crippen LogP contribution in [0.15, 0.2) is 109 Å². The lowest BCUT2D eigenvalue weighted by Crippen LogP contribution is -2.41. The Hall–Kier alpha value is -4.06. The van der Waals surface area contributed by atoms with Crippen LogP contribution in [0.4, 0.5) is 17.1 Å². The minimum absolute atomic E-state index is 0.363. The van der Waals surface area contributed by atoms with Crippen LogP contribution < -0.4 is 10.4 Å². The molecular formula is C35H33BN2O2. The highest BCUT2D eigenvalue weighted by atomic mass is 16.7. The Morgan fingerprint density at radius 2 is 1.18 bits per heavy atom. The first-order valence-corrected chi connectivity index (χ1v) is 13.9. The maximum Gasteiger partial charge on any atom is 0.494 e. The predicted molar refractivity (Wildman–Crippen MR) is 168 cm³/mol. The van der Waals surface area contributed by atoms with E-state index >= 15 is 0 Å². The molecule has 0 amide bonds. The summed E-state index contributed by atoms with van der Waals surface area (Å²) >= 11 is 0. The highest BCUT2D eigenvalue weighted by Crippen LogP contribution is 2.40. The fourth-order valence-corrected chi connectivity index (χ4v) is 5.84. The fraction of sp³-hybridized carbons (Fsp3) is 0.200. The molecule has 0 N–H and O–H groups in total. The molecule has 1 aliphatic rings. The largest absolute Gasteiger partial charge is 0.494 e. The highest BCUT2D eigenvalue weighted by molar-refractivity contribution is 6.62. The van der Waals surface area contributed by atoms with Gasteiger partial charge in [0.1, 0.15) is 0 Å². The van der Waals surface area contributed by atoms with Crippen molar-refractivity contribution < 1.29 is 9.31 Å². The second-order valence-electron chi connectivity index (χ2n) is 11.8. The molecule has 0 atom stereocenters. The van der Waals surface area contributed by atoms with E-state index in [9.17, 15) is 0 Å². The number of nitrogens with zero attached hydrogens (tertiary/aromatic N) is 2. The number of hydrogen-bond acceptors (Lipinski definition) is 3. The molecule has 0 aliphatic carbocycles. The van der Waals surface area contributed by atoms with Gasteiger partial charge in [0.05, 0.1) is 11.2 Å². The van der Waals surface area contributed by atoms with Crippen LogP contribution in [-0.2, 0) is 16.4 Å². The zero-order chi connectivity index (χ0) is 27.6. The van der Waals surface area contributed by atoms with E-state index in [1.165, 1.54) is 27.2 Å². The Labute approximate surface area is 235 Å². The molecule has 6 aromatic rings. The lowest BCUT2D eigenvalue weighted by Gasteiger charge is -2.32. The third-order valence-corrected chi connectivity index (χ3v) is 8.80. The summed E-state index contributed by atoms with van der Waals surface area (Å²) in [5, 5.41) is 4.85. The van der Waals surface area contributed by atoms with Gasteiger partial charge >= 0.3 is 7.12 Å². The zero-order valence-corrected chi connectivity index (χ0v) is 23.7. The molecule has 0 saturated carbocycles. The molecule has 1 saturated heterocycles. The van der Waals surface area contributed by atoms with E-state index in [4.69, 9.17) is 9.31 Å². The maximum absolute atomic E-state index is 6.31. The van der Waals surface area contributed by atoms with Crippen LogP contribution >= 0.6 is 0 Å². The molecule has 5 aromatic carbocycles. The second kappa shape index (κ2) is 8.98. The van der Waals surface area contributed by atoms with E-state index in [0.29, 0.717) is 0 Å². The number of anilines is 3. The molecule has 0 radical (unpaired) electrons. The van der Waals surface area contributed by atoms with Crippen molar-refractivity contribution in [1.29, 1.82) is 0 Å². The Bertz CT molecular complexity index is 1870. The molecule has 0 unspecified atom stereocenters. The highest BCUT2D eigenvalue weighted by Gasteiger charge is 2.51. The molecule has 4 nitrogen and oxygen atoms in total. The summed E-state index contributed by atoms with van der Waals surface area (Å²) in [6.07, 6.45) is 0. The quantitative estimate of drug-likeness (QED) is 0.217. The molecule has 1 fully saturated rings. The first-order chi connectivity index (χ1) is 19.2. The molecule has 2 heterocycles. The van der Waals surface area contributed by atoms with E-state index in [-0.39, 0.29) is 18.3 Å². The Morgan fingerprint density at radius 1 is 0.575 bits per heavy atom. The number of rotatable bonds is 4. The average molecular weight is 524 g/mol. The molecule has 1 aliphatic heterocycles. The van der Waals surface area contributed by atoms with E-state index < -0.39 is 0 Å². The van der Waals surface area contributed by atoms with Crippen molar-refractivity contribution in [3.63, 3.8) is 0 Å². The number of para-hydroxylation sites is 2. The van der Waals surface area contributed by atoms with Gasteiger partial charge < -0.3 is 18.8 Å². The van der Waals surface area contributed by atoms with Crippen LogP contribution in [0.25, 0.3) is 32.6 Å². The van der Waals surface area contributed by atoms with Crippen molar-refractivity contribution in [2.24, 2.45) is 7.05 Å². The minimum atomic E-state index is -0.373. The topological polar surface area (TPSA) is 26.6 Å². The van der Waals surface area contributed by atoms with Gasteiger partial charge in [-0.15, -0.1) is 0 Å². The minimum Gasteiger partial charge on any atom is -0.399 e. The summed E-state index contributed by atoms with van der Waals surface area (Å²) in [5.41, 5.74) is 6.15. The average Bonchev–Trinajstić information content (AvgIpc) is 3.36. The number of hydrogen-bond donors (Lipinski definition) is 0. The van der Waals surface area contributed by atoms with E-state index in [1.807, 2.05) is 0 Å². The smallest absolute Gasteiger partial charge is 0.399 e. The maximum atomic E-state index is 6.31. The molecule has 1 aromatic heterocycles. The first kappa shape index (κ1) is 24.9. The summed E-state index contributed by atoms with van der Waals surface area (Å²) < 4.78 is 14.9. The van der Waals surface area contributed by atoms with Crippen LogP contribution in [-0.4, -0.2) is 22.9 Å². The molecule has 0 bridgehead atoms. The standard InChI is InChI=1S/C35H33BN2O2/c1-34(2)35(3,4)40-36(39-34)26-17-15-25-22-28(18-16-24(25)21-26)38(27-11-7-6-8-12-27)29-19-20-33-31(23-29)30-13-9-10-14-32(30)37(33)5/h6-23H,1-5H3. The van der Waals surface area contributed by atoms with Crippen molar-refractivity contribution in [3.05, 3.63) is 109 Å². The van der Waals surface area contributed by atoms with Crippen LogP contribution in [0.5, 0.6) is 0 Å². The van der Waals surface area contributed by atoms with Gasteiger partial charge in [-0.3, -0.25) is 0 Å². The third-order valence-electron chi connectivity index (χ3n) is 8.80. The number of benzene rings is 5. The van der Waals surface area contributed by atoms with Gasteiger partial charge in [0, 0.05) is 45.9 Å². The normalized spacial score (nSPS) is 16.3. The Morgan fingerprint density at radius 3 is 1.95 bits per heavy atom. The monoisotopic (exact) mass is 524 g/mol. The summed E-state index contributed by atoms with van der Waals surface area (Å²) in [5.74, 6) is 0. The molecule has 0 spiro atoms. The van der Waals surface area contributed by atoms with Crippen molar-refractivity contribution >= 4 is 62.2 Å². The molecule has 7 rings (SSSR count). The van der Waals surface area contributed by atoms with Gasteiger partial charge in [0.15, 0.2) is 0 Å². The fourth-order valence-electron chi connectivity index (χ4n) is 5.84. The molecule has 198 valence electrons. The Kier molecular flexibility index (Phi) is 5.60. The Balaban J connectivity index is 1.32. The van der Waals surface area contributed by atoms with Gasteiger partial charge in [-0.2, -0.15) is 0 Å². The predicted octanol–water partition coefficient (Wildman–Crippen LogP) is 8.25. The van der Waals surface area contributed by atoms with Gasteiger partial charge in [0.25, 0.3) is 0 Å². The zero-order valence-electron chi connectivity index (χ0n) is 23.7. The van der Waals surface area contributed by atoms with Crippen LogP contribution in [0.3, 0.4) is 0 Å². The SMILES string of the molecule is Cn1c2ccccc2c2cc(N(c3ccccc3)c3ccc4cc(B5OC(C)(C)C(C)(C)O5)ccc4c3)ccc21. The lowest BCUT2D eigenvalue weighted by atomic mass is 9.78.